The molecule has 0 aliphatic carbocycles. The molecule has 0 saturated heterocycles. The molecule has 0 spiro atoms. The number of carbonyl (C=O) groups is 1. The zero-order valence-corrected chi connectivity index (χ0v) is 12.3. The van der Waals surface area contributed by atoms with Gasteiger partial charge in [-0.05, 0) is 35.7 Å². The fourth-order valence-electron chi connectivity index (χ4n) is 2.07. The molecule has 0 saturated carbocycles. The summed E-state index contributed by atoms with van der Waals surface area (Å²) >= 11 is 0. The van der Waals surface area contributed by atoms with Crippen LogP contribution >= 0.6 is 12.4 Å². The van der Waals surface area contributed by atoms with Gasteiger partial charge in [0.15, 0.2) is 0 Å². The van der Waals surface area contributed by atoms with Crippen molar-refractivity contribution >= 4 is 29.1 Å². The summed E-state index contributed by atoms with van der Waals surface area (Å²) in [7, 11) is 0. The van der Waals surface area contributed by atoms with E-state index < -0.39 is 0 Å². The molecule has 0 bridgehead atoms. The topological polar surface area (TPSA) is 55.1 Å². The zero-order valence-electron chi connectivity index (χ0n) is 11.5. The minimum Gasteiger partial charge on any atom is -0.356 e. The van der Waals surface area contributed by atoms with Crippen molar-refractivity contribution in [2.75, 3.05) is 13.1 Å². The van der Waals surface area contributed by atoms with E-state index in [9.17, 15) is 4.79 Å². The summed E-state index contributed by atoms with van der Waals surface area (Å²) in [5.74, 6) is 0.0987. The van der Waals surface area contributed by atoms with Crippen LogP contribution in [-0.2, 0) is 11.2 Å². The van der Waals surface area contributed by atoms with E-state index in [1.54, 1.807) is 0 Å². The summed E-state index contributed by atoms with van der Waals surface area (Å²) in [4.78, 5) is 11.6. The average molecular weight is 293 g/mol. The fourth-order valence-corrected chi connectivity index (χ4v) is 2.07. The molecule has 3 nitrogen and oxygen atoms in total. The van der Waals surface area contributed by atoms with Gasteiger partial charge in [0.05, 0.1) is 0 Å². The van der Waals surface area contributed by atoms with E-state index in [4.69, 9.17) is 5.73 Å². The highest BCUT2D eigenvalue weighted by Crippen LogP contribution is 2.16. The number of halogens is 1. The lowest BCUT2D eigenvalue weighted by Gasteiger charge is -2.05. The van der Waals surface area contributed by atoms with Crippen molar-refractivity contribution in [3.63, 3.8) is 0 Å². The van der Waals surface area contributed by atoms with Crippen LogP contribution in [0.5, 0.6) is 0 Å². The zero-order chi connectivity index (χ0) is 13.5. The van der Waals surface area contributed by atoms with Gasteiger partial charge in [-0.25, -0.2) is 0 Å². The Kier molecular flexibility index (Phi) is 7.05. The first-order valence-corrected chi connectivity index (χ1v) is 6.74. The first-order valence-electron chi connectivity index (χ1n) is 6.74. The minimum absolute atomic E-state index is 0. The van der Waals surface area contributed by atoms with Gasteiger partial charge in [0, 0.05) is 13.0 Å². The molecule has 20 heavy (non-hydrogen) atoms. The van der Waals surface area contributed by atoms with Gasteiger partial charge in [0.2, 0.25) is 5.91 Å². The van der Waals surface area contributed by atoms with Gasteiger partial charge in [-0.1, -0.05) is 42.5 Å². The molecule has 108 valence electrons. The third-order valence-electron chi connectivity index (χ3n) is 3.16. The molecule has 4 heteroatoms. The first kappa shape index (κ1) is 16.5. The molecule has 0 heterocycles. The number of hydrogen-bond acceptors (Lipinski definition) is 2. The highest BCUT2D eigenvalue weighted by atomic mass is 35.5. The number of nitrogens with one attached hydrogen (secondary N) is 1. The molecule has 0 aliphatic rings. The summed E-state index contributed by atoms with van der Waals surface area (Å²) < 4.78 is 0. The van der Waals surface area contributed by atoms with Crippen LogP contribution in [0.2, 0.25) is 0 Å². The number of amides is 1. The van der Waals surface area contributed by atoms with Crippen LogP contribution in [0.1, 0.15) is 18.4 Å². The standard InChI is InChI=1S/C16H20N2O.ClH/c17-10-3-11-18-16(19)9-7-13-6-8-14-4-1-2-5-15(14)12-13;/h1-2,4-6,8,12H,3,7,9-11,17H2,(H,18,19);1H. The van der Waals surface area contributed by atoms with E-state index in [-0.39, 0.29) is 18.3 Å². The van der Waals surface area contributed by atoms with Crippen LogP contribution in [0.25, 0.3) is 10.8 Å². The Morgan fingerprint density at radius 3 is 2.60 bits per heavy atom. The molecule has 0 aromatic heterocycles. The molecule has 3 N–H and O–H groups in total. The van der Waals surface area contributed by atoms with Crippen LogP contribution in [0.4, 0.5) is 0 Å². The molecule has 0 aliphatic heterocycles. The number of aryl methyl sites for hydroxylation is 1. The molecule has 1 amide bonds. The Balaban J connectivity index is 0.00000200. The number of hydrogen-bond donors (Lipinski definition) is 2. The lowest BCUT2D eigenvalue weighted by Crippen LogP contribution is -2.26. The van der Waals surface area contributed by atoms with Crippen molar-refractivity contribution in [1.82, 2.24) is 5.32 Å². The Hall–Kier alpha value is -1.58. The normalized spacial score (nSPS) is 10.1. The third-order valence-corrected chi connectivity index (χ3v) is 3.16. The number of nitrogens with two attached hydrogens (primary N) is 1. The van der Waals surface area contributed by atoms with E-state index in [2.05, 4.69) is 35.6 Å². The maximum absolute atomic E-state index is 11.6. The fraction of sp³-hybridized carbons (Fsp3) is 0.312. The Labute approximate surface area is 126 Å². The average Bonchev–Trinajstić information content (AvgIpc) is 2.45. The highest BCUT2D eigenvalue weighted by molar-refractivity contribution is 5.85. The summed E-state index contributed by atoms with van der Waals surface area (Å²) in [6.07, 6.45) is 2.14. The summed E-state index contributed by atoms with van der Waals surface area (Å²) in [5.41, 5.74) is 6.58. The second kappa shape index (κ2) is 8.56. The molecular formula is C16H21ClN2O. The van der Waals surface area contributed by atoms with Crippen molar-refractivity contribution in [3.05, 3.63) is 48.0 Å². The third kappa shape index (κ3) is 4.83. The van der Waals surface area contributed by atoms with Crippen molar-refractivity contribution in [1.29, 1.82) is 0 Å². The van der Waals surface area contributed by atoms with E-state index in [0.29, 0.717) is 19.5 Å². The largest absolute Gasteiger partial charge is 0.356 e. The maximum Gasteiger partial charge on any atom is 0.220 e. The van der Waals surface area contributed by atoms with Gasteiger partial charge in [0.1, 0.15) is 0 Å². The first-order chi connectivity index (χ1) is 9.29. The van der Waals surface area contributed by atoms with Crippen LogP contribution in [-0.4, -0.2) is 19.0 Å². The highest BCUT2D eigenvalue weighted by Gasteiger charge is 2.02. The van der Waals surface area contributed by atoms with E-state index in [1.807, 2.05) is 12.1 Å². The predicted octanol–water partition coefficient (Wildman–Crippen LogP) is 2.66. The van der Waals surface area contributed by atoms with E-state index in [1.165, 1.54) is 16.3 Å². The van der Waals surface area contributed by atoms with Crippen molar-refractivity contribution in [3.8, 4) is 0 Å². The lowest BCUT2D eigenvalue weighted by molar-refractivity contribution is -0.121. The van der Waals surface area contributed by atoms with Gasteiger partial charge >= 0.3 is 0 Å². The smallest absolute Gasteiger partial charge is 0.220 e. The van der Waals surface area contributed by atoms with Crippen molar-refractivity contribution in [2.24, 2.45) is 5.73 Å². The van der Waals surface area contributed by atoms with E-state index in [0.717, 1.165) is 12.8 Å². The second-order valence-electron chi connectivity index (χ2n) is 4.67. The van der Waals surface area contributed by atoms with Crippen molar-refractivity contribution in [2.45, 2.75) is 19.3 Å². The molecule has 2 aromatic rings. The summed E-state index contributed by atoms with van der Waals surface area (Å²) in [6, 6.07) is 14.6. The van der Waals surface area contributed by atoms with Crippen LogP contribution in [0, 0.1) is 0 Å². The van der Waals surface area contributed by atoms with Gasteiger partial charge in [-0.3, -0.25) is 4.79 Å². The molecule has 0 unspecified atom stereocenters. The number of carbonyl (C=O) groups excluding carboxylic acids is 1. The maximum atomic E-state index is 11.6. The summed E-state index contributed by atoms with van der Waals surface area (Å²) in [6.45, 7) is 1.29. The van der Waals surface area contributed by atoms with Gasteiger partial charge in [-0.15, -0.1) is 12.4 Å². The number of rotatable bonds is 6. The quantitative estimate of drug-likeness (QED) is 0.804. The molecule has 0 atom stereocenters. The molecule has 0 fully saturated rings. The monoisotopic (exact) mass is 292 g/mol. The Morgan fingerprint density at radius 2 is 1.85 bits per heavy atom. The molecule has 0 radical (unpaired) electrons. The lowest BCUT2D eigenvalue weighted by atomic mass is 10.0. The Bertz CT molecular complexity index is 557. The minimum atomic E-state index is 0. The van der Waals surface area contributed by atoms with Crippen LogP contribution in [0.3, 0.4) is 0 Å². The molecule has 2 rings (SSSR count). The molecule has 2 aromatic carbocycles. The predicted molar refractivity (Wildman–Crippen MR) is 86.2 cm³/mol. The van der Waals surface area contributed by atoms with E-state index >= 15 is 0 Å². The second-order valence-corrected chi connectivity index (χ2v) is 4.67. The van der Waals surface area contributed by atoms with Gasteiger partial charge < -0.3 is 11.1 Å². The SMILES string of the molecule is Cl.NCCCNC(=O)CCc1ccc2ccccc2c1. The summed E-state index contributed by atoms with van der Waals surface area (Å²) in [5, 5.41) is 5.33. The van der Waals surface area contributed by atoms with Crippen molar-refractivity contribution < 1.29 is 4.79 Å². The number of fused-ring (bicyclic) bond motifs is 1. The van der Waals surface area contributed by atoms with Crippen LogP contribution < -0.4 is 11.1 Å². The molecular weight excluding hydrogens is 272 g/mol. The van der Waals surface area contributed by atoms with Gasteiger partial charge in [0.25, 0.3) is 0 Å². The van der Waals surface area contributed by atoms with Gasteiger partial charge in [-0.2, -0.15) is 0 Å². The van der Waals surface area contributed by atoms with Crippen LogP contribution in [0.15, 0.2) is 42.5 Å². The Morgan fingerprint density at radius 1 is 1.10 bits per heavy atom. The number of benzene rings is 2.